The Labute approximate surface area is 153 Å². The molecule has 25 heavy (non-hydrogen) atoms. The summed E-state index contributed by atoms with van der Waals surface area (Å²) in [5.41, 5.74) is -1.15. The van der Waals surface area contributed by atoms with Crippen LogP contribution in [0.15, 0.2) is 47.6 Å². The van der Waals surface area contributed by atoms with Crippen molar-refractivity contribution in [2.75, 3.05) is 5.32 Å². The number of nitrogens with zero attached hydrogens (tertiary/aromatic N) is 1. The summed E-state index contributed by atoms with van der Waals surface area (Å²) < 4.78 is 39.2. The smallest absolute Gasteiger partial charge is 0.325 e. The molecule has 1 atom stereocenters. The molecule has 0 bridgehead atoms. The molecule has 1 amide bonds. The first-order valence-electron chi connectivity index (χ1n) is 7.44. The lowest BCUT2D eigenvalue weighted by Crippen LogP contribution is -2.30. The van der Waals surface area contributed by atoms with Crippen LogP contribution in [-0.2, 0) is 11.0 Å². The van der Waals surface area contributed by atoms with Gasteiger partial charge in [-0.3, -0.25) is 4.79 Å². The van der Waals surface area contributed by atoms with Crippen molar-refractivity contribution in [3.05, 3.63) is 53.2 Å². The first-order chi connectivity index (χ1) is 11.7. The molecule has 8 heteroatoms. The molecule has 0 radical (unpaired) electrons. The van der Waals surface area contributed by atoms with Crippen molar-refractivity contribution >= 4 is 35.0 Å². The number of aromatic nitrogens is 1. The zero-order valence-corrected chi connectivity index (χ0v) is 15.0. The SMILES string of the molecule is CC(C)C(Sc1ncccc1Cl)C(=O)Nc1ccccc1C(F)(F)F. The topological polar surface area (TPSA) is 42.0 Å². The molecular formula is C17H16ClF3N2OS. The van der Waals surface area contributed by atoms with Crippen molar-refractivity contribution in [1.82, 2.24) is 4.98 Å². The van der Waals surface area contributed by atoms with E-state index >= 15 is 0 Å². The highest BCUT2D eigenvalue weighted by atomic mass is 35.5. The summed E-state index contributed by atoms with van der Waals surface area (Å²) in [5, 5.41) is 2.59. The fourth-order valence-corrected chi connectivity index (χ4v) is 3.35. The van der Waals surface area contributed by atoms with Gasteiger partial charge in [-0.25, -0.2) is 4.98 Å². The van der Waals surface area contributed by atoms with Gasteiger partial charge in [-0.05, 0) is 30.2 Å². The van der Waals surface area contributed by atoms with Crippen LogP contribution in [0.2, 0.25) is 5.02 Å². The Balaban J connectivity index is 2.24. The average Bonchev–Trinajstić information content (AvgIpc) is 2.53. The van der Waals surface area contributed by atoms with Crippen LogP contribution in [0.4, 0.5) is 18.9 Å². The van der Waals surface area contributed by atoms with Gasteiger partial charge in [0, 0.05) is 6.20 Å². The minimum absolute atomic E-state index is 0.138. The van der Waals surface area contributed by atoms with Crippen molar-refractivity contribution in [3.63, 3.8) is 0 Å². The van der Waals surface area contributed by atoms with E-state index in [1.165, 1.54) is 18.2 Å². The van der Waals surface area contributed by atoms with Crippen molar-refractivity contribution < 1.29 is 18.0 Å². The van der Waals surface area contributed by atoms with Gasteiger partial charge in [0.1, 0.15) is 5.03 Å². The molecule has 1 aromatic carbocycles. The van der Waals surface area contributed by atoms with E-state index in [-0.39, 0.29) is 11.6 Å². The number of rotatable bonds is 5. The standard InChI is InChI=1S/C17H16ClF3N2OS/c1-10(2)14(25-16-12(18)7-5-9-22-16)15(24)23-13-8-4-3-6-11(13)17(19,20)21/h3-10,14H,1-2H3,(H,23,24). The van der Waals surface area contributed by atoms with Crippen LogP contribution in [0.5, 0.6) is 0 Å². The molecule has 0 spiro atoms. The number of pyridine rings is 1. The maximum absolute atomic E-state index is 13.1. The first-order valence-corrected chi connectivity index (χ1v) is 8.70. The molecule has 2 aromatic rings. The largest absolute Gasteiger partial charge is 0.418 e. The third-order valence-electron chi connectivity index (χ3n) is 3.32. The van der Waals surface area contributed by atoms with Crippen LogP contribution in [0.1, 0.15) is 19.4 Å². The van der Waals surface area contributed by atoms with Crippen LogP contribution in [-0.4, -0.2) is 16.1 Å². The lowest BCUT2D eigenvalue weighted by Gasteiger charge is -2.21. The van der Waals surface area contributed by atoms with E-state index < -0.39 is 22.9 Å². The first kappa shape index (κ1) is 19.6. The molecule has 0 aliphatic heterocycles. The number of carbonyl (C=O) groups excluding carboxylic acids is 1. The number of halogens is 4. The van der Waals surface area contributed by atoms with Crippen molar-refractivity contribution in [2.45, 2.75) is 30.3 Å². The Morgan fingerprint density at radius 1 is 1.20 bits per heavy atom. The molecule has 1 unspecified atom stereocenters. The van der Waals surface area contributed by atoms with Gasteiger partial charge in [-0.15, -0.1) is 0 Å². The number of nitrogens with one attached hydrogen (secondary N) is 1. The highest BCUT2D eigenvalue weighted by molar-refractivity contribution is 8.00. The minimum Gasteiger partial charge on any atom is -0.325 e. The van der Waals surface area contributed by atoms with Crippen molar-refractivity contribution in [2.24, 2.45) is 5.92 Å². The van der Waals surface area contributed by atoms with Gasteiger partial charge in [0.15, 0.2) is 0 Å². The summed E-state index contributed by atoms with van der Waals surface area (Å²) in [6.07, 6.45) is -3.00. The van der Waals surface area contributed by atoms with Gasteiger partial charge in [-0.1, -0.05) is 49.3 Å². The van der Waals surface area contributed by atoms with E-state index in [2.05, 4.69) is 10.3 Å². The number of thioether (sulfide) groups is 1. The van der Waals surface area contributed by atoms with Crippen LogP contribution in [0, 0.1) is 5.92 Å². The third-order valence-corrected chi connectivity index (χ3v) is 5.30. The second-order valence-electron chi connectivity index (χ2n) is 5.61. The Morgan fingerprint density at radius 3 is 2.48 bits per heavy atom. The summed E-state index contributed by atoms with van der Waals surface area (Å²) >= 11 is 7.19. The monoisotopic (exact) mass is 388 g/mol. The van der Waals surface area contributed by atoms with E-state index in [4.69, 9.17) is 11.6 Å². The molecule has 1 aromatic heterocycles. The quantitative estimate of drug-likeness (QED) is 0.687. The number of alkyl halides is 3. The molecule has 3 nitrogen and oxygen atoms in total. The van der Waals surface area contributed by atoms with Gasteiger partial charge in [0.25, 0.3) is 0 Å². The zero-order chi connectivity index (χ0) is 18.6. The fourth-order valence-electron chi connectivity index (χ4n) is 2.11. The lowest BCUT2D eigenvalue weighted by atomic mass is 10.1. The van der Waals surface area contributed by atoms with Gasteiger partial charge in [0.2, 0.25) is 5.91 Å². The molecular weight excluding hydrogens is 373 g/mol. The maximum atomic E-state index is 13.1. The second kappa shape index (κ2) is 8.10. The maximum Gasteiger partial charge on any atom is 0.418 e. The fraction of sp³-hybridized carbons (Fsp3) is 0.294. The van der Waals surface area contributed by atoms with Crippen LogP contribution >= 0.6 is 23.4 Å². The zero-order valence-electron chi connectivity index (χ0n) is 13.5. The number of carbonyl (C=O) groups is 1. The predicted octanol–water partition coefficient (Wildman–Crippen LogP) is 5.51. The summed E-state index contributed by atoms with van der Waals surface area (Å²) in [4.78, 5) is 16.7. The summed E-state index contributed by atoms with van der Waals surface area (Å²) in [6.45, 7) is 3.62. The molecule has 0 saturated carbocycles. The average molecular weight is 389 g/mol. The molecule has 0 aliphatic rings. The molecule has 1 heterocycles. The normalized spacial score (nSPS) is 12.9. The van der Waals surface area contributed by atoms with Gasteiger partial charge < -0.3 is 5.32 Å². The summed E-state index contributed by atoms with van der Waals surface area (Å²) in [5.74, 6) is -0.667. The molecule has 134 valence electrons. The highest BCUT2D eigenvalue weighted by Crippen LogP contribution is 2.36. The lowest BCUT2D eigenvalue weighted by molar-refractivity contribution is -0.137. The number of para-hydroxylation sites is 1. The number of amides is 1. The molecule has 1 N–H and O–H groups in total. The molecule has 0 aliphatic carbocycles. The highest BCUT2D eigenvalue weighted by Gasteiger charge is 2.34. The second-order valence-corrected chi connectivity index (χ2v) is 7.14. The number of hydrogen-bond acceptors (Lipinski definition) is 3. The van der Waals surface area contributed by atoms with Crippen LogP contribution in [0.25, 0.3) is 0 Å². The molecule has 0 fully saturated rings. The Kier molecular flexibility index (Phi) is 6.35. The van der Waals surface area contributed by atoms with E-state index in [1.807, 2.05) is 13.8 Å². The van der Waals surface area contributed by atoms with Crippen molar-refractivity contribution in [3.8, 4) is 0 Å². The van der Waals surface area contributed by atoms with E-state index in [9.17, 15) is 18.0 Å². The van der Waals surface area contributed by atoms with Gasteiger partial charge in [-0.2, -0.15) is 13.2 Å². The number of hydrogen-bond donors (Lipinski definition) is 1. The van der Waals surface area contributed by atoms with Crippen LogP contribution < -0.4 is 5.32 Å². The molecule has 2 rings (SSSR count). The Bertz CT molecular complexity index is 753. The summed E-state index contributed by atoms with van der Waals surface area (Å²) in [6, 6.07) is 8.19. The predicted molar refractivity (Wildman–Crippen MR) is 93.8 cm³/mol. The molecule has 0 saturated heterocycles. The van der Waals surface area contributed by atoms with E-state index in [1.54, 1.807) is 18.3 Å². The Hall–Kier alpha value is -1.73. The van der Waals surface area contributed by atoms with Gasteiger partial charge >= 0.3 is 6.18 Å². The number of anilines is 1. The summed E-state index contributed by atoms with van der Waals surface area (Å²) in [7, 11) is 0. The third kappa shape index (κ3) is 5.12. The van der Waals surface area contributed by atoms with Crippen LogP contribution in [0.3, 0.4) is 0 Å². The number of benzene rings is 1. The Morgan fingerprint density at radius 2 is 1.88 bits per heavy atom. The van der Waals surface area contributed by atoms with Gasteiger partial charge in [0.05, 0.1) is 21.5 Å². The van der Waals surface area contributed by atoms with Crippen molar-refractivity contribution in [1.29, 1.82) is 0 Å². The minimum atomic E-state index is -4.55. The van der Waals surface area contributed by atoms with E-state index in [0.29, 0.717) is 10.0 Å². The van der Waals surface area contributed by atoms with E-state index in [0.717, 1.165) is 17.8 Å².